The highest BCUT2D eigenvalue weighted by molar-refractivity contribution is 5.64. The predicted molar refractivity (Wildman–Crippen MR) is 103 cm³/mol. The molecule has 0 spiro atoms. The summed E-state index contributed by atoms with van der Waals surface area (Å²) in [7, 11) is 0. The summed E-state index contributed by atoms with van der Waals surface area (Å²) in [6, 6.07) is 21.4. The highest BCUT2D eigenvalue weighted by atomic mass is 16.4. The molecule has 0 unspecified atom stereocenters. The second-order valence-electron chi connectivity index (χ2n) is 6.85. The Hall–Kier alpha value is -2.37. The van der Waals surface area contributed by atoms with Gasteiger partial charge in [-0.2, -0.15) is 0 Å². The van der Waals surface area contributed by atoms with Crippen LogP contribution in [-0.2, 0) is 13.1 Å². The zero-order chi connectivity index (χ0) is 18.2. The van der Waals surface area contributed by atoms with E-state index in [9.17, 15) is 4.79 Å². The fourth-order valence-corrected chi connectivity index (χ4v) is 3.59. The summed E-state index contributed by atoms with van der Waals surface area (Å²) in [6.07, 6.45) is -0.124. The monoisotopic (exact) mass is 353 g/mol. The van der Waals surface area contributed by atoms with E-state index in [4.69, 9.17) is 5.11 Å². The van der Waals surface area contributed by atoms with Crippen molar-refractivity contribution < 1.29 is 9.90 Å². The SMILES string of the molecule is O=C(O)NCC[C@H]1CN(Cc2ccccc2)CCN1Cc1ccccc1. The van der Waals surface area contributed by atoms with E-state index in [-0.39, 0.29) is 0 Å². The molecule has 1 amide bonds. The molecule has 26 heavy (non-hydrogen) atoms. The number of amides is 1. The molecule has 1 atom stereocenters. The molecule has 0 aliphatic carbocycles. The van der Waals surface area contributed by atoms with Gasteiger partial charge in [0.25, 0.3) is 0 Å². The zero-order valence-corrected chi connectivity index (χ0v) is 15.1. The molecule has 1 aliphatic rings. The standard InChI is InChI=1S/C21H27N3O2/c25-21(26)22-12-11-20-17-23(15-18-7-3-1-4-8-18)13-14-24(20)16-19-9-5-2-6-10-19/h1-10,20,22H,11-17H2,(H,25,26)/t20-/m0/s1. The Kier molecular flexibility index (Phi) is 6.63. The van der Waals surface area contributed by atoms with E-state index in [0.29, 0.717) is 12.6 Å². The summed E-state index contributed by atoms with van der Waals surface area (Å²) in [6.45, 7) is 5.35. The molecule has 1 aliphatic heterocycles. The first-order valence-corrected chi connectivity index (χ1v) is 9.22. The summed E-state index contributed by atoms with van der Waals surface area (Å²) in [5.41, 5.74) is 2.63. The van der Waals surface area contributed by atoms with Gasteiger partial charge in [0.2, 0.25) is 0 Å². The van der Waals surface area contributed by atoms with E-state index in [0.717, 1.165) is 39.1 Å². The summed E-state index contributed by atoms with van der Waals surface area (Å²) in [5.74, 6) is 0. The summed E-state index contributed by atoms with van der Waals surface area (Å²) < 4.78 is 0. The Labute approximate surface area is 155 Å². The fourth-order valence-electron chi connectivity index (χ4n) is 3.59. The van der Waals surface area contributed by atoms with Crippen LogP contribution in [0.4, 0.5) is 4.79 Å². The number of carboxylic acid groups (broad SMARTS) is 1. The second kappa shape index (κ2) is 9.36. The normalized spacial score (nSPS) is 18.5. The number of nitrogens with one attached hydrogen (secondary N) is 1. The molecule has 3 rings (SSSR count). The maximum absolute atomic E-state index is 10.8. The number of benzene rings is 2. The van der Waals surface area contributed by atoms with Gasteiger partial charge in [0, 0.05) is 45.3 Å². The smallest absolute Gasteiger partial charge is 0.404 e. The Bertz CT molecular complexity index is 678. The van der Waals surface area contributed by atoms with Gasteiger partial charge >= 0.3 is 6.09 Å². The van der Waals surface area contributed by atoms with E-state index in [2.05, 4.69) is 63.6 Å². The van der Waals surface area contributed by atoms with Crippen molar-refractivity contribution in [2.45, 2.75) is 25.6 Å². The molecule has 0 radical (unpaired) electrons. The minimum atomic E-state index is -0.948. The van der Waals surface area contributed by atoms with Crippen LogP contribution in [0, 0.1) is 0 Å². The Balaban J connectivity index is 1.62. The molecular formula is C21H27N3O2. The van der Waals surface area contributed by atoms with Crippen molar-refractivity contribution >= 4 is 6.09 Å². The number of piperazine rings is 1. The molecule has 5 nitrogen and oxygen atoms in total. The van der Waals surface area contributed by atoms with Crippen LogP contribution in [0.2, 0.25) is 0 Å². The highest BCUT2D eigenvalue weighted by Crippen LogP contribution is 2.18. The molecule has 2 aromatic rings. The third-order valence-corrected chi connectivity index (χ3v) is 4.92. The van der Waals surface area contributed by atoms with Gasteiger partial charge in [-0.15, -0.1) is 0 Å². The maximum Gasteiger partial charge on any atom is 0.404 e. The molecule has 2 aromatic carbocycles. The summed E-state index contributed by atoms with van der Waals surface area (Å²) in [4.78, 5) is 15.7. The van der Waals surface area contributed by atoms with Crippen molar-refractivity contribution in [2.24, 2.45) is 0 Å². The topological polar surface area (TPSA) is 55.8 Å². The quantitative estimate of drug-likeness (QED) is 0.803. The molecule has 138 valence electrons. The largest absolute Gasteiger partial charge is 0.465 e. The zero-order valence-electron chi connectivity index (χ0n) is 15.1. The number of hydrogen-bond donors (Lipinski definition) is 2. The molecule has 0 aromatic heterocycles. The van der Waals surface area contributed by atoms with Crippen LogP contribution < -0.4 is 5.32 Å². The van der Waals surface area contributed by atoms with Crippen molar-refractivity contribution in [1.29, 1.82) is 0 Å². The number of hydrogen-bond acceptors (Lipinski definition) is 3. The number of nitrogens with zero attached hydrogens (tertiary/aromatic N) is 2. The Morgan fingerprint density at radius 1 is 0.962 bits per heavy atom. The van der Waals surface area contributed by atoms with Gasteiger partial charge in [0.05, 0.1) is 0 Å². The summed E-state index contributed by atoms with van der Waals surface area (Å²) in [5, 5.41) is 11.4. The Morgan fingerprint density at radius 2 is 1.58 bits per heavy atom. The van der Waals surface area contributed by atoms with Crippen molar-refractivity contribution in [1.82, 2.24) is 15.1 Å². The minimum Gasteiger partial charge on any atom is -0.465 e. The first kappa shape index (κ1) is 18.4. The van der Waals surface area contributed by atoms with E-state index < -0.39 is 6.09 Å². The summed E-state index contributed by atoms with van der Waals surface area (Å²) >= 11 is 0. The lowest BCUT2D eigenvalue weighted by Gasteiger charge is -2.41. The van der Waals surface area contributed by atoms with Crippen LogP contribution in [-0.4, -0.2) is 53.2 Å². The van der Waals surface area contributed by atoms with Gasteiger partial charge in [-0.05, 0) is 17.5 Å². The average Bonchev–Trinajstić information content (AvgIpc) is 2.65. The molecule has 0 saturated carbocycles. The predicted octanol–water partition coefficient (Wildman–Crippen LogP) is 3.03. The van der Waals surface area contributed by atoms with Crippen molar-refractivity contribution in [3.8, 4) is 0 Å². The van der Waals surface area contributed by atoms with Crippen molar-refractivity contribution in [2.75, 3.05) is 26.2 Å². The van der Waals surface area contributed by atoms with Gasteiger partial charge in [-0.25, -0.2) is 4.79 Å². The van der Waals surface area contributed by atoms with E-state index >= 15 is 0 Å². The van der Waals surface area contributed by atoms with Crippen LogP contribution in [0.3, 0.4) is 0 Å². The molecular weight excluding hydrogens is 326 g/mol. The minimum absolute atomic E-state index is 0.347. The number of carbonyl (C=O) groups is 1. The molecule has 2 N–H and O–H groups in total. The maximum atomic E-state index is 10.8. The Morgan fingerprint density at radius 3 is 2.19 bits per heavy atom. The van der Waals surface area contributed by atoms with Gasteiger partial charge in [-0.3, -0.25) is 9.80 Å². The van der Waals surface area contributed by atoms with Crippen LogP contribution in [0.5, 0.6) is 0 Å². The second-order valence-corrected chi connectivity index (χ2v) is 6.85. The van der Waals surface area contributed by atoms with Gasteiger partial charge < -0.3 is 10.4 Å². The lowest BCUT2D eigenvalue weighted by molar-refractivity contribution is 0.0596. The average molecular weight is 353 g/mol. The molecule has 5 heteroatoms. The van der Waals surface area contributed by atoms with Gasteiger partial charge in [-0.1, -0.05) is 60.7 Å². The lowest BCUT2D eigenvalue weighted by atomic mass is 10.1. The lowest BCUT2D eigenvalue weighted by Crippen LogP contribution is -2.53. The van der Waals surface area contributed by atoms with E-state index in [1.54, 1.807) is 0 Å². The van der Waals surface area contributed by atoms with E-state index in [1.165, 1.54) is 11.1 Å². The van der Waals surface area contributed by atoms with Crippen molar-refractivity contribution in [3.63, 3.8) is 0 Å². The van der Waals surface area contributed by atoms with Crippen LogP contribution >= 0.6 is 0 Å². The fraction of sp³-hybridized carbons (Fsp3) is 0.381. The van der Waals surface area contributed by atoms with Crippen LogP contribution in [0.15, 0.2) is 60.7 Å². The molecule has 0 bridgehead atoms. The van der Waals surface area contributed by atoms with Gasteiger partial charge in [0.1, 0.15) is 0 Å². The molecule has 1 fully saturated rings. The van der Waals surface area contributed by atoms with E-state index in [1.807, 2.05) is 12.1 Å². The molecule has 1 heterocycles. The van der Waals surface area contributed by atoms with Gasteiger partial charge in [0.15, 0.2) is 0 Å². The molecule has 1 saturated heterocycles. The third kappa shape index (κ3) is 5.58. The first-order valence-electron chi connectivity index (χ1n) is 9.22. The number of rotatable bonds is 7. The van der Waals surface area contributed by atoms with Crippen molar-refractivity contribution in [3.05, 3.63) is 71.8 Å². The first-order chi connectivity index (χ1) is 12.7. The van der Waals surface area contributed by atoms with Crippen LogP contribution in [0.25, 0.3) is 0 Å². The third-order valence-electron chi connectivity index (χ3n) is 4.92. The highest BCUT2D eigenvalue weighted by Gasteiger charge is 2.26. The van der Waals surface area contributed by atoms with Crippen LogP contribution in [0.1, 0.15) is 17.5 Å².